The van der Waals surface area contributed by atoms with Crippen LogP contribution in [0.3, 0.4) is 0 Å². The first-order chi connectivity index (χ1) is 8.26. The average Bonchev–Trinajstić information content (AvgIpc) is 2.67. The highest BCUT2D eigenvalue weighted by Gasteiger charge is 2.64. The lowest BCUT2D eigenvalue weighted by atomic mass is 10.0. The number of nitrogens with zero attached hydrogens (tertiary/aromatic N) is 2. The molecule has 100 valence electrons. The number of nitrogens with one attached hydrogen (secondary N) is 1. The lowest BCUT2D eigenvalue weighted by Gasteiger charge is -2.09. The summed E-state index contributed by atoms with van der Waals surface area (Å²) in [5.74, 6) is 2.11. The van der Waals surface area contributed by atoms with Crippen LogP contribution in [0.15, 0.2) is 12.4 Å². The van der Waals surface area contributed by atoms with Crippen molar-refractivity contribution in [2.45, 2.75) is 47.5 Å². The van der Waals surface area contributed by atoms with E-state index in [0.29, 0.717) is 22.7 Å². The fourth-order valence-electron chi connectivity index (χ4n) is 2.83. The Balaban J connectivity index is 1.98. The summed E-state index contributed by atoms with van der Waals surface area (Å²) in [6, 6.07) is 2.06. The van der Waals surface area contributed by atoms with Gasteiger partial charge in [0.15, 0.2) is 0 Å². The smallest absolute Gasteiger partial charge is 0.129 e. The molecule has 1 saturated carbocycles. The molecule has 0 spiro atoms. The molecule has 0 unspecified atom stereocenters. The van der Waals surface area contributed by atoms with Crippen LogP contribution in [0.1, 0.15) is 53.2 Å². The van der Waals surface area contributed by atoms with Gasteiger partial charge in [-0.3, -0.25) is 0 Å². The lowest BCUT2D eigenvalue weighted by Crippen LogP contribution is -2.10. The van der Waals surface area contributed by atoms with Crippen LogP contribution in [0.2, 0.25) is 0 Å². The average molecular weight is 247 g/mol. The molecule has 2 rings (SSSR count). The molecule has 1 N–H and O–H groups in total. The van der Waals surface area contributed by atoms with Gasteiger partial charge in [0, 0.05) is 18.3 Å². The van der Waals surface area contributed by atoms with E-state index in [0.717, 1.165) is 18.1 Å². The van der Waals surface area contributed by atoms with Crippen molar-refractivity contribution in [2.24, 2.45) is 16.7 Å². The molecule has 0 radical (unpaired) electrons. The molecule has 3 nitrogen and oxygen atoms in total. The molecule has 1 fully saturated rings. The standard InChI is InChI=1S/C15H25N3/c1-10(2)11-7-13(18-9-17-11)16-8-12-14(3,4)15(12,5)6/h7,9-10,12H,8H2,1-6H3,(H,16,17,18). The summed E-state index contributed by atoms with van der Waals surface area (Å²) in [5.41, 5.74) is 1.95. The number of anilines is 1. The zero-order valence-electron chi connectivity index (χ0n) is 12.4. The lowest BCUT2D eigenvalue weighted by molar-refractivity contribution is 0.457. The van der Waals surface area contributed by atoms with Gasteiger partial charge in [0.25, 0.3) is 0 Å². The van der Waals surface area contributed by atoms with Gasteiger partial charge in [0.05, 0.1) is 0 Å². The Morgan fingerprint density at radius 2 is 1.78 bits per heavy atom. The molecule has 1 heterocycles. The van der Waals surface area contributed by atoms with Crippen molar-refractivity contribution in [3.05, 3.63) is 18.1 Å². The van der Waals surface area contributed by atoms with Crippen molar-refractivity contribution in [3.63, 3.8) is 0 Å². The van der Waals surface area contributed by atoms with E-state index in [-0.39, 0.29) is 0 Å². The highest BCUT2D eigenvalue weighted by molar-refractivity contribution is 5.36. The topological polar surface area (TPSA) is 37.8 Å². The zero-order valence-corrected chi connectivity index (χ0v) is 12.4. The summed E-state index contributed by atoms with van der Waals surface area (Å²) >= 11 is 0. The Hall–Kier alpha value is -1.12. The van der Waals surface area contributed by atoms with E-state index < -0.39 is 0 Å². The third kappa shape index (κ3) is 2.11. The van der Waals surface area contributed by atoms with Gasteiger partial charge in [0.2, 0.25) is 0 Å². The third-order valence-corrected chi connectivity index (χ3v) is 5.09. The van der Waals surface area contributed by atoms with Gasteiger partial charge in [-0.2, -0.15) is 0 Å². The Kier molecular flexibility index (Phi) is 3.12. The van der Waals surface area contributed by atoms with Crippen LogP contribution >= 0.6 is 0 Å². The van der Waals surface area contributed by atoms with Crippen molar-refractivity contribution in [1.82, 2.24) is 9.97 Å². The Morgan fingerprint density at radius 3 is 2.28 bits per heavy atom. The molecule has 18 heavy (non-hydrogen) atoms. The highest BCUT2D eigenvalue weighted by atomic mass is 15.0. The minimum absolute atomic E-state index is 0.425. The molecule has 0 atom stereocenters. The first-order valence-corrected chi connectivity index (χ1v) is 6.82. The maximum atomic E-state index is 4.29. The minimum atomic E-state index is 0.425. The second-order valence-electron chi connectivity index (χ2n) is 6.86. The monoisotopic (exact) mass is 247 g/mol. The predicted octanol–water partition coefficient (Wildman–Crippen LogP) is 3.69. The fraction of sp³-hybridized carbons (Fsp3) is 0.733. The van der Waals surface area contributed by atoms with Crippen molar-refractivity contribution >= 4 is 5.82 Å². The third-order valence-electron chi connectivity index (χ3n) is 5.09. The minimum Gasteiger partial charge on any atom is -0.370 e. The maximum absolute atomic E-state index is 4.29. The molecule has 1 aromatic heterocycles. The SMILES string of the molecule is CC(C)c1cc(NCC2C(C)(C)C2(C)C)ncn1. The molecule has 0 aliphatic heterocycles. The van der Waals surface area contributed by atoms with Crippen LogP contribution in [0, 0.1) is 16.7 Å². The summed E-state index contributed by atoms with van der Waals surface area (Å²) in [6.45, 7) is 14.7. The molecule has 0 bridgehead atoms. The van der Waals surface area contributed by atoms with Gasteiger partial charge >= 0.3 is 0 Å². The maximum Gasteiger partial charge on any atom is 0.129 e. The van der Waals surface area contributed by atoms with E-state index >= 15 is 0 Å². The normalized spacial score (nSPS) is 21.1. The van der Waals surface area contributed by atoms with Gasteiger partial charge in [-0.25, -0.2) is 9.97 Å². The van der Waals surface area contributed by atoms with E-state index in [9.17, 15) is 0 Å². The van der Waals surface area contributed by atoms with E-state index in [1.54, 1.807) is 6.33 Å². The first kappa shape index (κ1) is 13.3. The number of aromatic nitrogens is 2. The molecular weight excluding hydrogens is 222 g/mol. The van der Waals surface area contributed by atoms with Crippen LogP contribution in [0.4, 0.5) is 5.82 Å². The summed E-state index contributed by atoms with van der Waals surface area (Å²) < 4.78 is 0. The van der Waals surface area contributed by atoms with E-state index in [4.69, 9.17) is 0 Å². The Labute approximate surface area is 110 Å². The van der Waals surface area contributed by atoms with Crippen LogP contribution in [0.25, 0.3) is 0 Å². The van der Waals surface area contributed by atoms with Gasteiger partial charge < -0.3 is 5.32 Å². The van der Waals surface area contributed by atoms with Crippen molar-refractivity contribution in [2.75, 3.05) is 11.9 Å². The van der Waals surface area contributed by atoms with E-state index in [2.05, 4.69) is 62.9 Å². The Bertz CT molecular complexity index is 421. The molecule has 0 aromatic carbocycles. The molecular formula is C15H25N3. The van der Waals surface area contributed by atoms with Gasteiger partial charge in [-0.05, 0) is 22.7 Å². The van der Waals surface area contributed by atoms with Crippen molar-refractivity contribution < 1.29 is 0 Å². The van der Waals surface area contributed by atoms with Crippen molar-refractivity contribution in [3.8, 4) is 0 Å². The van der Waals surface area contributed by atoms with E-state index in [1.807, 2.05) is 0 Å². The second kappa shape index (κ2) is 4.22. The predicted molar refractivity (Wildman–Crippen MR) is 75.7 cm³/mol. The fourth-order valence-corrected chi connectivity index (χ4v) is 2.83. The summed E-state index contributed by atoms with van der Waals surface area (Å²) in [7, 11) is 0. The zero-order chi connectivity index (χ0) is 13.6. The van der Waals surface area contributed by atoms with Crippen LogP contribution in [-0.4, -0.2) is 16.5 Å². The highest BCUT2D eigenvalue weighted by Crippen LogP contribution is 2.68. The molecule has 1 aliphatic carbocycles. The largest absolute Gasteiger partial charge is 0.370 e. The van der Waals surface area contributed by atoms with E-state index in [1.165, 1.54) is 0 Å². The van der Waals surface area contributed by atoms with Crippen LogP contribution in [-0.2, 0) is 0 Å². The molecule has 0 saturated heterocycles. The number of hydrogen-bond acceptors (Lipinski definition) is 3. The Morgan fingerprint density at radius 1 is 1.17 bits per heavy atom. The summed E-state index contributed by atoms with van der Waals surface area (Å²) in [6.07, 6.45) is 1.65. The summed E-state index contributed by atoms with van der Waals surface area (Å²) in [4.78, 5) is 8.58. The molecule has 1 aliphatic rings. The quantitative estimate of drug-likeness (QED) is 0.881. The first-order valence-electron chi connectivity index (χ1n) is 6.82. The van der Waals surface area contributed by atoms with Crippen LogP contribution < -0.4 is 5.32 Å². The van der Waals surface area contributed by atoms with Gasteiger partial charge in [0.1, 0.15) is 12.1 Å². The number of hydrogen-bond donors (Lipinski definition) is 1. The molecule has 3 heteroatoms. The summed E-state index contributed by atoms with van der Waals surface area (Å²) in [5, 5.41) is 3.46. The van der Waals surface area contributed by atoms with Crippen LogP contribution in [0.5, 0.6) is 0 Å². The molecule has 0 amide bonds. The molecule has 1 aromatic rings. The van der Waals surface area contributed by atoms with Gasteiger partial charge in [-0.1, -0.05) is 41.5 Å². The number of rotatable bonds is 4. The van der Waals surface area contributed by atoms with Gasteiger partial charge in [-0.15, -0.1) is 0 Å². The van der Waals surface area contributed by atoms with Crippen molar-refractivity contribution in [1.29, 1.82) is 0 Å². The second-order valence-corrected chi connectivity index (χ2v) is 6.86.